The van der Waals surface area contributed by atoms with E-state index in [-0.39, 0.29) is 23.9 Å². The van der Waals surface area contributed by atoms with Gasteiger partial charge >= 0.3 is 0 Å². The highest BCUT2D eigenvalue weighted by Gasteiger charge is 2.29. The molecule has 1 N–H and O–H groups in total. The number of rotatable bonds is 7. The number of ketones is 2. The summed E-state index contributed by atoms with van der Waals surface area (Å²) in [6.07, 6.45) is 0.802. The van der Waals surface area contributed by atoms with Gasteiger partial charge in [0.2, 0.25) is 5.91 Å². The van der Waals surface area contributed by atoms with Gasteiger partial charge < -0.3 is 14.8 Å². The van der Waals surface area contributed by atoms with Crippen LogP contribution in [0.1, 0.15) is 44.7 Å². The van der Waals surface area contributed by atoms with Gasteiger partial charge in [-0.3, -0.25) is 14.4 Å². The second kappa shape index (κ2) is 8.83. The molecule has 0 saturated heterocycles. The lowest BCUT2D eigenvalue weighted by atomic mass is 9.84. The molecule has 6 nitrogen and oxygen atoms in total. The minimum absolute atomic E-state index is 0.182. The number of fused-ring (bicyclic) bond motifs is 2. The monoisotopic (exact) mass is 415 g/mol. The third-order valence-electron chi connectivity index (χ3n) is 5.09. The Morgan fingerprint density at radius 3 is 2.10 bits per heavy atom. The normalized spacial score (nSPS) is 12.0. The Bertz CT molecular complexity index is 1150. The molecule has 156 valence electrons. The largest absolute Gasteiger partial charge is 0.497 e. The lowest BCUT2D eigenvalue weighted by Gasteiger charge is -2.18. The summed E-state index contributed by atoms with van der Waals surface area (Å²) >= 11 is 0. The van der Waals surface area contributed by atoms with Crippen LogP contribution < -0.4 is 14.8 Å². The minimum atomic E-state index is -0.214. The highest BCUT2D eigenvalue weighted by Crippen LogP contribution is 2.29. The quantitative estimate of drug-likeness (QED) is 0.456. The summed E-state index contributed by atoms with van der Waals surface area (Å²) in [6.45, 7) is 0.397. The topological polar surface area (TPSA) is 81.7 Å². The van der Waals surface area contributed by atoms with Gasteiger partial charge in [-0.2, -0.15) is 0 Å². The standard InChI is InChI=1S/C25H21NO5/c1-30-17-9-11-18(12-10-17)31-14-4-7-23(27)26-16-8-13-21-22(15-16)25(29)20-6-3-2-5-19(20)24(21)28/h2-3,5-6,8-13,15H,4,7,14H2,1H3,(H,26,27). The van der Waals surface area contributed by atoms with Gasteiger partial charge in [-0.25, -0.2) is 0 Å². The molecule has 0 atom stereocenters. The molecule has 0 fully saturated rings. The summed E-state index contributed by atoms with van der Waals surface area (Å²) in [4.78, 5) is 37.7. The number of nitrogens with one attached hydrogen (secondary N) is 1. The molecule has 0 spiro atoms. The minimum Gasteiger partial charge on any atom is -0.497 e. The highest BCUT2D eigenvalue weighted by molar-refractivity contribution is 6.28. The summed E-state index contributed by atoms with van der Waals surface area (Å²) in [5, 5.41) is 2.79. The number of benzene rings is 3. The molecule has 0 bridgehead atoms. The first-order chi connectivity index (χ1) is 15.1. The molecule has 31 heavy (non-hydrogen) atoms. The summed E-state index contributed by atoms with van der Waals surface area (Å²) in [5.41, 5.74) is 1.95. The number of amides is 1. The molecule has 0 heterocycles. The van der Waals surface area contributed by atoms with Crippen LogP contribution in [-0.4, -0.2) is 31.2 Å². The Hall–Kier alpha value is -3.93. The molecular weight excluding hydrogens is 394 g/mol. The summed E-state index contributed by atoms with van der Waals surface area (Å²) in [7, 11) is 1.60. The predicted octanol–water partition coefficient (Wildman–Crippen LogP) is 4.27. The molecule has 0 unspecified atom stereocenters. The third-order valence-corrected chi connectivity index (χ3v) is 5.09. The number of carbonyl (C=O) groups is 3. The van der Waals surface area contributed by atoms with E-state index in [4.69, 9.17) is 9.47 Å². The van der Waals surface area contributed by atoms with Crippen LogP contribution in [0, 0.1) is 0 Å². The van der Waals surface area contributed by atoms with Crippen molar-refractivity contribution in [3.05, 3.63) is 89.0 Å². The number of hydrogen-bond acceptors (Lipinski definition) is 5. The van der Waals surface area contributed by atoms with E-state index < -0.39 is 0 Å². The summed E-state index contributed by atoms with van der Waals surface area (Å²) in [6, 6.07) is 18.8. The molecule has 3 aromatic rings. The summed E-state index contributed by atoms with van der Waals surface area (Å²) in [5.74, 6) is 0.876. The Morgan fingerprint density at radius 1 is 0.806 bits per heavy atom. The summed E-state index contributed by atoms with van der Waals surface area (Å²) < 4.78 is 10.7. The second-order valence-corrected chi connectivity index (χ2v) is 7.14. The molecule has 1 amide bonds. The Labute approximate surface area is 179 Å². The lowest BCUT2D eigenvalue weighted by Crippen LogP contribution is -2.21. The van der Waals surface area contributed by atoms with Crippen molar-refractivity contribution in [2.45, 2.75) is 12.8 Å². The van der Waals surface area contributed by atoms with E-state index in [0.717, 1.165) is 5.75 Å². The van der Waals surface area contributed by atoms with Crippen LogP contribution in [0.3, 0.4) is 0 Å². The molecular formula is C25H21NO5. The van der Waals surface area contributed by atoms with Crippen molar-refractivity contribution in [1.82, 2.24) is 0 Å². The van der Waals surface area contributed by atoms with E-state index >= 15 is 0 Å². The van der Waals surface area contributed by atoms with Crippen molar-refractivity contribution in [3.63, 3.8) is 0 Å². The van der Waals surface area contributed by atoms with Gasteiger partial charge in [0.05, 0.1) is 13.7 Å². The maximum atomic E-state index is 12.8. The number of ether oxygens (including phenoxy) is 2. The van der Waals surface area contributed by atoms with Crippen molar-refractivity contribution in [2.24, 2.45) is 0 Å². The number of carbonyl (C=O) groups excluding carboxylic acids is 3. The first-order valence-corrected chi connectivity index (χ1v) is 9.96. The van der Waals surface area contributed by atoms with Crippen molar-refractivity contribution >= 4 is 23.2 Å². The van der Waals surface area contributed by atoms with Gasteiger partial charge in [0.1, 0.15) is 11.5 Å². The number of methoxy groups -OCH3 is 1. The van der Waals surface area contributed by atoms with E-state index in [1.165, 1.54) is 0 Å². The zero-order valence-corrected chi connectivity index (χ0v) is 17.0. The van der Waals surface area contributed by atoms with Gasteiger partial charge in [-0.15, -0.1) is 0 Å². The third kappa shape index (κ3) is 4.33. The first-order valence-electron chi connectivity index (χ1n) is 9.96. The molecule has 1 aliphatic carbocycles. The number of hydrogen-bond donors (Lipinski definition) is 1. The van der Waals surface area contributed by atoms with Crippen molar-refractivity contribution in [1.29, 1.82) is 0 Å². The Morgan fingerprint density at radius 2 is 1.42 bits per heavy atom. The highest BCUT2D eigenvalue weighted by atomic mass is 16.5. The molecule has 0 aliphatic heterocycles. The molecule has 1 aliphatic rings. The average Bonchev–Trinajstić information content (AvgIpc) is 2.80. The molecule has 3 aromatic carbocycles. The van der Waals surface area contributed by atoms with Crippen LogP contribution >= 0.6 is 0 Å². The first kappa shape index (κ1) is 20.3. The van der Waals surface area contributed by atoms with Gasteiger partial charge in [-0.1, -0.05) is 24.3 Å². The maximum Gasteiger partial charge on any atom is 0.224 e. The molecule has 0 radical (unpaired) electrons. The molecule has 6 heteroatoms. The SMILES string of the molecule is COc1ccc(OCCCC(=O)Nc2ccc3c(c2)C(=O)c2ccccc2C3=O)cc1. The van der Waals surface area contributed by atoms with Crippen molar-refractivity contribution in [2.75, 3.05) is 19.0 Å². The Kier molecular flexibility index (Phi) is 5.80. The number of anilines is 1. The van der Waals surface area contributed by atoms with Crippen LogP contribution in [-0.2, 0) is 4.79 Å². The lowest BCUT2D eigenvalue weighted by molar-refractivity contribution is -0.116. The predicted molar refractivity (Wildman–Crippen MR) is 116 cm³/mol. The van der Waals surface area contributed by atoms with Crippen molar-refractivity contribution < 1.29 is 23.9 Å². The van der Waals surface area contributed by atoms with Gasteiger partial charge in [0.15, 0.2) is 11.6 Å². The fraction of sp³-hybridized carbons (Fsp3) is 0.160. The molecule has 0 aromatic heterocycles. The smallest absolute Gasteiger partial charge is 0.224 e. The maximum absolute atomic E-state index is 12.8. The zero-order valence-electron chi connectivity index (χ0n) is 17.0. The van der Waals surface area contributed by atoms with Crippen LogP contribution in [0.25, 0.3) is 0 Å². The van der Waals surface area contributed by atoms with Crippen LogP contribution in [0.2, 0.25) is 0 Å². The van der Waals surface area contributed by atoms with E-state index in [2.05, 4.69) is 5.32 Å². The molecule has 0 saturated carbocycles. The van der Waals surface area contributed by atoms with Crippen LogP contribution in [0.15, 0.2) is 66.7 Å². The van der Waals surface area contributed by atoms with E-state index in [0.29, 0.717) is 46.7 Å². The van der Waals surface area contributed by atoms with Crippen molar-refractivity contribution in [3.8, 4) is 11.5 Å². The zero-order chi connectivity index (χ0) is 21.8. The van der Waals surface area contributed by atoms with Crippen LogP contribution in [0.4, 0.5) is 5.69 Å². The van der Waals surface area contributed by atoms with Crippen LogP contribution in [0.5, 0.6) is 11.5 Å². The average molecular weight is 415 g/mol. The van der Waals surface area contributed by atoms with E-state index in [1.807, 2.05) is 24.3 Å². The van der Waals surface area contributed by atoms with Gasteiger partial charge in [-0.05, 0) is 48.9 Å². The molecule has 4 rings (SSSR count). The Balaban J connectivity index is 1.34. The van der Waals surface area contributed by atoms with Gasteiger partial charge in [0.25, 0.3) is 0 Å². The van der Waals surface area contributed by atoms with E-state index in [9.17, 15) is 14.4 Å². The van der Waals surface area contributed by atoms with E-state index in [1.54, 1.807) is 49.6 Å². The fourth-order valence-corrected chi connectivity index (χ4v) is 3.50. The van der Waals surface area contributed by atoms with Gasteiger partial charge in [0, 0.05) is 34.4 Å². The fourth-order valence-electron chi connectivity index (χ4n) is 3.50. The second-order valence-electron chi connectivity index (χ2n) is 7.14.